The Kier molecular flexibility index (Phi) is 4.38. The van der Waals surface area contributed by atoms with Crippen molar-refractivity contribution in [2.75, 3.05) is 46.3 Å². The van der Waals surface area contributed by atoms with Crippen LogP contribution in [0.4, 0.5) is 8.78 Å². The molecule has 2 aromatic rings. The van der Waals surface area contributed by atoms with Gasteiger partial charge in [0, 0.05) is 50.2 Å². The van der Waals surface area contributed by atoms with Crippen LogP contribution in [0.5, 0.6) is 0 Å². The fraction of sp³-hybridized carbons (Fsp3) is 0.474. The number of carbonyl (C=O) groups excluding carboxylic acids is 2. The van der Waals surface area contributed by atoms with Gasteiger partial charge in [-0.25, -0.2) is 8.78 Å². The molecule has 1 N–H and O–H groups in total. The number of aromatic amines is 1. The van der Waals surface area contributed by atoms with Crippen molar-refractivity contribution in [3.8, 4) is 0 Å². The van der Waals surface area contributed by atoms with Crippen molar-refractivity contribution < 1.29 is 18.4 Å². The molecule has 0 radical (unpaired) electrons. The third-order valence-electron chi connectivity index (χ3n) is 5.60. The van der Waals surface area contributed by atoms with Gasteiger partial charge in [-0.2, -0.15) is 0 Å². The van der Waals surface area contributed by atoms with Gasteiger partial charge < -0.3 is 19.7 Å². The topological polar surface area (TPSA) is 59.7 Å². The molecule has 8 heteroatoms. The van der Waals surface area contributed by atoms with Gasteiger partial charge in [-0.1, -0.05) is 0 Å². The fourth-order valence-electron chi connectivity index (χ4n) is 3.94. The van der Waals surface area contributed by atoms with Crippen molar-refractivity contribution >= 4 is 22.7 Å². The van der Waals surface area contributed by atoms with E-state index in [1.165, 1.54) is 24.0 Å². The van der Waals surface area contributed by atoms with E-state index in [1.807, 2.05) is 7.05 Å². The molecule has 2 amide bonds. The van der Waals surface area contributed by atoms with Crippen molar-refractivity contribution in [1.82, 2.24) is 19.7 Å². The highest BCUT2D eigenvalue weighted by atomic mass is 19.1. The van der Waals surface area contributed by atoms with Crippen LogP contribution in [0.3, 0.4) is 0 Å². The number of amides is 2. The number of aryl methyl sites for hydroxylation is 1. The highest BCUT2D eigenvalue weighted by Gasteiger charge is 2.35. The predicted octanol–water partition coefficient (Wildman–Crippen LogP) is 1.60. The maximum atomic E-state index is 14.8. The van der Waals surface area contributed by atoms with Gasteiger partial charge in [0.25, 0.3) is 5.91 Å². The molecule has 2 saturated heterocycles. The van der Waals surface area contributed by atoms with Crippen LogP contribution in [0, 0.1) is 24.5 Å². The largest absolute Gasteiger partial charge is 0.348 e. The Morgan fingerprint density at radius 1 is 1.07 bits per heavy atom. The fourth-order valence-corrected chi connectivity index (χ4v) is 3.94. The number of fused-ring (bicyclic) bond motifs is 1. The van der Waals surface area contributed by atoms with Gasteiger partial charge in [0.1, 0.15) is 11.5 Å². The number of H-pyrrole nitrogens is 1. The van der Waals surface area contributed by atoms with Crippen molar-refractivity contribution in [2.24, 2.45) is 5.92 Å². The Morgan fingerprint density at radius 3 is 2.33 bits per heavy atom. The van der Waals surface area contributed by atoms with E-state index >= 15 is 0 Å². The molecule has 0 atom stereocenters. The van der Waals surface area contributed by atoms with Gasteiger partial charge in [0.15, 0.2) is 5.82 Å². The van der Waals surface area contributed by atoms with Crippen molar-refractivity contribution in [1.29, 1.82) is 0 Å². The first-order chi connectivity index (χ1) is 12.9. The van der Waals surface area contributed by atoms with Gasteiger partial charge in [-0.15, -0.1) is 0 Å². The van der Waals surface area contributed by atoms with E-state index in [-0.39, 0.29) is 28.5 Å². The molecule has 4 rings (SSSR count). The van der Waals surface area contributed by atoms with Gasteiger partial charge in [-0.05, 0) is 31.7 Å². The molecule has 2 fully saturated rings. The maximum absolute atomic E-state index is 14.8. The molecule has 27 heavy (non-hydrogen) atoms. The van der Waals surface area contributed by atoms with Crippen LogP contribution in [0.15, 0.2) is 12.1 Å². The summed E-state index contributed by atoms with van der Waals surface area (Å²) in [6.45, 7) is 4.64. The minimum atomic E-state index is -0.719. The Morgan fingerprint density at radius 2 is 1.70 bits per heavy atom. The number of aromatic nitrogens is 1. The average Bonchev–Trinajstić information content (AvgIpc) is 2.98. The number of rotatable bonds is 2. The zero-order chi connectivity index (χ0) is 19.3. The minimum absolute atomic E-state index is 0.0428. The number of nitrogens with one attached hydrogen (secondary N) is 1. The summed E-state index contributed by atoms with van der Waals surface area (Å²) in [5.41, 5.74) is 0.429. The monoisotopic (exact) mass is 376 g/mol. The molecule has 3 heterocycles. The number of benzene rings is 1. The summed E-state index contributed by atoms with van der Waals surface area (Å²) < 4.78 is 28.5. The number of carbonyl (C=O) groups is 2. The highest BCUT2D eigenvalue weighted by Crippen LogP contribution is 2.27. The van der Waals surface area contributed by atoms with Crippen LogP contribution in [-0.4, -0.2) is 77.8 Å². The van der Waals surface area contributed by atoms with Gasteiger partial charge in [0.05, 0.1) is 5.92 Å². The van der Waals surface area contributed by atoms with Crippen molar-refractivity contribution in [3.63, 3.8) is 0 Å². The Balaban J connectivity index is 1.47. The number of piperazine rings is 1. The number of halogens is 2. The van der Waals surface area contributed by atoms with Crippen LogP contribution < -0.4 is 0 Å². The summed E-state index contributed by atoms with van der Waals surface area (Å²) in [5, 5.41) is 0.112. The number of nitrogens with zero attached hydrogens (tertiary/aromatic N) is 3. The van der Waals surface area contributed by atoms with Crippen LogP contribution in [0.2, 0.25) is 0 Å². The Labute approximate surface area is 155 Å². The predicted molar refractivity (Wildman–Crippen MR) is 96.4 cm³/mol. The Hall–Kier alpha value is -2.48. The highest BCUT2D eigenvalue weighted by molar-refractivity contribution is 5.99. The molecule has 0 spiro atoms. The van der Waals surface area contributed by atoms with Gasteiger partial charge in [-0.3, -0.25) is 9.59 Å². The summed E-state index contributed by atoms with van der Waals surface area (Å²) in [7, 11) is 1.98. The first kappa shape index (κ1) is 17.9. The lowest BCUT2D eigenvalue weighted by Crippen LogP contribution is -2.57. The van der Waals surface area contributed by atoms with E-state index in [0.29, 0.717) is 31.7 Å². The standard InChI is InChI=1S/C19H22F2N4O2/c1-11-13(20)3-4-14-15(11)16(21)17(22-14)19(27)25-7-5-24(6-8-25)18(26)12-9-23(2)10-12/h3-4,12,22H,5-10H2,1-2H3. The van der Waals surface area contributed by atoms with E-state index in [9.17, 15) is 18.4 Å². The van der Waals surface area contributed by atoms with Crippen LogP contribution in [0.1, 0.15) is 16.1 Å². The summed E-state index contributed by atoms with van der Waals surface area (Å²) in [6, 6.07) is 2.69. The van der Waals surface area contributed by atoms with E-state index in [1.54, 1.807) is 4.90 Å². The molecule has 2 aliphatic heterocycles. The van der Waals surface area contributed by atoms with E-state index < -0.39 is 17.5 Å². The second-order valence-corrected chi connectivity index (χ2v) is 7.44. The second kappa shape index (κ2) is 6.60. The zero-order valence-electron chi connectivity index (χ0n) is 15.4. The third kappa shape index (κ3) is 2.97. The molecule has 6 nitrogen and oxygen atoms in total. The van der Waals surface area contributed by atoms with Crippen molar-refractivity contribution in [2.45, 2.75) is 6.92 Å². The molecular weight excluding hydrogens is 354 g/mol. The first-order valence-corrected chi connectivity index (χ1v) is 9.09. The molecule has 0 bridgehead atoms. The van der Waals surface area contributed by atoms with Crippen LogP contribution in [-0.2, 0) is 4.79 Å². The van der Waals surface area contributed by atoms with Gasteiger partial charge >= 0.3 is 0 Å². The van der Waals surface area contributed by atoms with Crippen molar-refractivity contribution in [3.05, 3.63) is 35.0 Å². The average molecular weight is 376 g/mol. The number of hydrogen-bond donors (Lipinski definition) is 1. The van der Waals surface area contributed by atoms with E-state index in [2.05, 4.69) is 9.88 Å². The first-order valence-electron chi connectivity index (χ1n) is 9.09. The third-order valence-corrected chi connectivity index (χ3v) is 5.60. The summed E-state index contributed by atoms with van der Waals surface area (Å²) >= 11 is 0. The molecular formula is C19H22F2N4O2. The number of likely N-dealkylation sites (tertiary alicyclic amines) is 1. The lowest BCUT2D eigenvalue weighted by molar-refractivity contribution is -0.141. The van der Waals surface area contributed by atoms with Gasteiger partial charge in [0.2, 0.25) is 5.91 Å². The van der Waals surface area contributed by atoms with Crippen LogP contribution >= 0.6 is 0 Å². The van der Waals surface area contributed by atoms with Crippen LogP contribution in [0.25, 0.3) is 10.9 Å². The minimum Gasteiger partial charge on any atom is -0.348 e. The quantitative estimate of drug-likeness (QED) is 0.866. The summed E-state index contributed by atoms with van der Waals surface area (Å²) in [4.78, 5) is 33.4. The second-order valence-electron chi connectivity index (χ2n) is 7.44. The summed E-state index contributed by atoms with van der Waals surface area (Å²) in [5.74, 6) is -1.51. The smallest absolute Gasteiger partial charge is 0.273 e. The molecule has 0 saturated carbocycles. The number of hydrogen-bond acceptors (Lipinski definition) is 3. The lowest BCUT2D eigenvalue weighted by atomic mass is 9.99. The normalized spacial score (nSPS) is 18.8. The molecule has 0 aliphatic carbocycles. The molecule has 1 aromatic heterocycles. The SMILES string of the molecule is Cc1c(F)ccc2[nH]c(C(=O)N3CCN(C(=O)C4CN(C)C4)CC3)c(F)c12. The summed E-state index contributed by atoms with van der Waals surface area (Å²) in [6.07, 6.45) is 0. The van der Waals surface area contributed by atoms with E-state index in [0.717, 1.165) is 13.1 Å². The molecule has 0 unspecified atom stereocenters. The molecule has 144 valence electrons. The van der Waals surface area contributed by atoms with E-state index in [4.69, 9.17) is 0 Å². The molecule has 1 aromatic carbocycles. The Bertz CT molecular complexity index is 912. The maximum Gasteiger partial charge on any atom is 0.273 e. The molecule has 2 aliphatic rings. The lowest BCUT2D eigenvalue weighted by Gasteiger charge is -2.41. The zero-order valence-corrected chi connectivity index (χ0v) is 15.4.